The minimum atomic E-state index is 0.00611. The molecule has 4 heteroatoms. The van der Waals surface area contributed by atoms with Crippen molar-refractivity contribution in [2.24, 2.45) is 0 Å². The van der Waals surface area contributed by atoms with E-state index in [1.807, 2.05) is 18.9 Å². The number of nitrogens with one attached hydrogen (secondary N) is 1. The lowest BCUT2D eigenvalue weighted by atomic mass is 9.98. The van der Waals surface area contributed by atoms with E-state index in [4.69, 9.17) is 0 Å². The molecule has 1 aromatic rings. The number of carbonyl (C=O) groups is 1. The molecule has 1 amide bonds. The SMILES string of the molecule is Cc1ccc(C(=O)N(C)C2CC3CCC(C2)N3)cc1O. The van der Waals surface area contributed by atoms with E-state index < -0.39 is 0 Å². The van der Waals surface area contributed by atoms with E-state index in [0.29, 0.717) is 23.7 Å². The zero-order valence-corrected chi connectivity index (χ0v) is 12.1. The van der Waals surface area contributed by atoms with E-state index in [-0.39, 0.29) is 11.7 Å². The van der Waals surface area contributed by atoms with Gasteiger partial charge in [-0.05, 0) is 50.3 Å². The van der Waals surface area contributed by atoms with Gasteiger partial charge in [0.25, 0.3) is 5.91 Å². The number of fused-ring (bicyclic) bond motifs is 2. The molecule has 0 saturated carbocycles. The van der Waals surface area contributed by atoms with Crippen LogP contribution in [0.1, 0.15) is 41.6 Å². The van der Waals surface area contributed by atoms with E-state index in [2.05, 4.69) is 5.32 Å². The summed E-state index contributed by atoms with van der Waals surface area (Å²) in [5.41, 5.74) is 1.37. The molecular weight excluding hydrogens is 252 g/mol. The molecule has 2 heterocycles. The second-order valence-electron chi connectivity index (χ2n) is 6.18. The van der Waals surface area contributed by atoms with E-state index in [1.54, 1.807) is 18.2 Å². The Kier molecular flexibility index (Phi) is 3.42. The predicted molar refractivity (Wildman–Crippen MR) is 77.9 cm³/mol. The van der Waals surface area contributed by atoms with Gasteiger partial charge in [0.05, 0.1) is 0 Å². The fourth-order valence-electron chi connectivity index (χ4n) is 3.46. The number of hydrogen-bond donors (Lipinski definition) is 2. The van der Waals surface area contributed by atoms with Gasteiger partial charge in [-0.2, -0.15) is 0 Å². The number of benzene rings is 1. The van der Waals surface area contributed by atoms with Crippen LogP contribution in [0.3, 0.4) is 0 Å². The molecule has 4 nitrogen and oxygen atoms in total. The normalized spacial score (nSPS) is 28.4. The van der Waals surface area contributed by atoms with Gasteiger partial charge in [0, 0.05) is 30.7 Å². The molecule has 20 heavy (non-hydrogen) atoms. The highest BCUT2D eigenvalue weighted by Gasteiger charge is 2.36. The summed E-state index contributed by atoms with van der Waals surface area (Å²) in [4.78, 5) is 14.4. The van der Waals surface area contributed by atoms with Crippen LogP contribution in [0.5, 0.6) is 5.75 Å². The summed E-state index contributed by atoms with van der Waals surface area (Å²) in [6.07, 6.45) is 4.54. The summed E-state index contributed by atoms with van der Waals surface area (Å²) < 4.78 is 0. The Morgan fingerprint density at radius 3 is 2.55 bits per heavy atom. The molecule has 2 saturated heterocycles. The minimum absolute atomic E-state index is 0.00611. The number of phenolic OH excluding ortho intramolecular Hbond substituents is 1. The molecule has 0 radical (unpaired) electrons. The van der Waals surface area contributed by atoms with Gasteiger partial charge < -0.3 is 15.3 Å². The van der Waals surface area contributed by atoms with E-state index in [0.717, 1.165) is 18.4 Å². The summed E-state index contributed by atoms with van der Waals surface area (Å²) in [7, 11) is 1.88. The molecule has 1 aromatic carbocycles. The van der Waals surface area contributed by atoms with Crippen LogP contribution in [-0.2, 0) is 0 Å². The van der Waals surface area contributed by atoms with Gasteiger partial charge >= 0.3 is 0 Å². The van der Waals surface area contributed by atoms with Gasteiger partial charge in [0.15, 0.2) is 0 Å². The third-order valence-electron chi connectivity index (χ3n) is 4.77. The van der Waals surface area contributed by atoms with Gasteiger partial charge in [-0.25, -0.2) is 0 Å². The summed E-state index contributed by atoms with van der Waals surface area (Å²) >= 11 is 0. The number of nitrogens with zero attached hydrogens (tertiary/aromatic N) is 1. The van der Waals surface area contributed by atoms with Gasteiger partial charge in [0.1, 0.15) is 5.75 Å². The minimum Gasteiger partial charge on any atom is -0.508 e. The van der Waals surface area contributed by atoms with Crippen LogP contribution in [0.2, 0.25) is 0 Å². The Bertz CT molecular complexity index is 517. The first-order valence-corrected chi connectivity index (χ1v) is 7.37. The Morgan fingerprint density at radius 2 is 1.95 bits per heavy atom. The number of phenols is 1. The van der Waals surface area contributed by atoms with E-state index in [9.17, 15) is 9.90 Å². The molecule has 2 bridgehead atoms. The zero-order valence-electron chi connectivity index (χ0n) is 12.1. The van der Waals surface area contributed by atoms with Crippen molar-refractivity contribution in [3.8, 4) is 5.75 Å². The van der Waals surface area contributed by atoms with Gasteiger partial charge in [0.2, 0.25) is 0 Å². The van der Waals surface area contributed by atoms with Crippen molar-refractivity contribution >= 4 is 5.91 Å². The maximum atomic E-state index is 12.5. The molecule has 2 N–H and O–H groups in total. The maximum absolute atomic E-state index is 12.5. The first kappa shape index (κ1) is 13.4. The van der Waals surface area contributed by atoms with E-state index >= 15 is 0 Å². The van der Waals surface area contributed by atoms with Gasteiger partial charge in [-0.1, -0.05) is 6.07 Å². The maximum Gasteiger partial charge on any atom is 0.253 e. The Balaban J connectivity index is 1.74. The molecule has 2 atom stereocenters. The van der Waals surface area contributed by atoms with Crippen LogP contribution in [0, 0.1) is 6.92 Å². The predicted octanol–water partition coefficient (Wildman–Crippen LogP) is 2.06. The van der Waals surface area contributed by atoms with Crippen LogP contribution in [0.4, 0.5) is 0 Å². The number of rotatable bonds is 2. The van der Waals surface area contributed by atoms with Crippen molar-refractivity contribution in [2.75, 3.05) is 7.05 Å². The molecule has 0 aliphatic carbocycles. The third kappa shape index (κ3) is 2.40. The number of amides is 1. The fourth-order valence-corrected chi connectivity index (χ4v) is 3.46. The van der Waals surface area contributed by atoms with E-state index in [1.165, 1.54) is 12.8 Å². The molecule has 3 rings (SSSR count). The zero-order chi connectivity index (χ0) is 14.3. The fraction of sp³-hybridized carbons (Fsp3) is 0.562. The van der Waals surface area contributed by atoms with Crippen molar-refractivity contribution < 1.29 is 9.90 Å². The number of aromatic hydroxyl groups is 1. The third-order valence-corrected chi connectivity index (χ3v) is 4.77. The topological polar surface area (TPSA) is 52.6 Å². The number of hydrogen-bond acceptors (Lipinski definition) is 3. The first-order valence-electron chi connectivity index (χ1n) is 7.37. The summed E-state index contributed by atoms with van der Waals surface area (Å²) in [5.74, 6) is 0.196. The largest absolute Gasteiger partial charge is 0.508 e. The average molecular weight is 274 g/mol. The highest BCUT2D eigenvalue weighted by molar-refractivity contribution is 5.94. The Labute approximate surface area is 119 Å². The number of aryl methyl sites for hydroxylation is 1. The summed E-state index contributed by atoms with van der Waals surface area (Å²) in [6, 6.07) is 6.61. The van der Waals surface area contributed by atoms with Crippen molar-refractivity contribution in [3.63, 3.8) is 0 Å². The van der Waals surface area contributed by atoms with Crippen LogP contribution >= 0.6 is 0 Å². The lowest BCUT2D eigenvalue weighted by molar-refractivity contribution is 0.0681. The van der Waals surface area contributed by atoms with Crippen molar-refractivity contribution in [3.05, 3.63) is 29.3 Å². The monoisotopic (exact) mass is 274 g/mol. The van der Waals surface area contributed by atoms with Crippen molar-refractivity contribution in [1.29, 1.82) is 0 Å². The average Bonchev–Trinajstić information content (AvgIpc) is 2.79. The molecule has 2 aliphatic rings. The lowest BCUT2D eigenvalue weighted by Crippen LogP contribution is -2.48. The molecule has 2 aliphatic heterocycles. The summed E-state index contributed by atoms with van der Waals surface area (Å²) in [6.45, 7) is 1.83. The molecule has 0 spiro atoms. The van der Waals surface area contributed by atoms with Crippen LogP contribution < -0.4 is 5.32 Å². The molecule has 108 valence electrons. The van der Waals surface area contributed by atoms with Crippen LogP contribution in [0.15, 0.2) is 18.2 Å². The molecule has 2 unspecified atom stereocenters. The highest BCUT2D eigenvalue weighted by atomic mass is 16.3. The Morgan fingerprint density at radius 1 is 1.30 bits per heavy atom. The quantitative estimate of drug-likeness (QED) is 0.868. The smallest absolute Gasteiger partial charge is 0.253 e. The lowest BCUT2D eigenvalue weighted by Gasteiger charge is -2.35. The van der Waals surface area contributed by atoms with Gasteiger partial charge in [-0.15, -0.1) is 0 Å². The summed E-state index contributed by atoms with van der Waals surface area (Å²) in [5, 5.41) is 13.3. The number of carbonyl (C=O) groups excluding carboxylic acids is 1. The van der Waals surface area contributed by atoms with Crippen LogP contribution in [0.25, 0.3) is 0 Å². The standard InChI is InChI=1S/C16H22N2O2/c1-10-3-4-11(7-15(10)19)16(20)18(2)14-8-12-5-6-13(9-14)17-12/h3-4,7,12-14,17,19H,5-6,8-9H2,1-2H3. The first-order chi connectivity index (χ1) is 9.54. The van der Waals surface area contributed by atoms with Crippen LogP contribution in [-0.4, -0.2) is 41.1 Å². The molecule has 0 aromatic heterocycles. The van der Waals surface area contributed by atoms with Gasteiger partial charge in [-0.3, -0.25) is 4.79 Å². The second-order valence-corrected chi connectivity index (χ2v) is 6.18. The van der Waals surface area contributed by atoms with Crippen molar-refractivity contribution in [2.45, 2.75) is 50.7 Å². The molecular formula is C16H22N2O2. The Hall–Kier alpha value is -1.55. The number of piperidine rings is 1. The molecule has 2 fully saturated rings. The van der Waals surface area contributed by atoms with Crippen molar-refractivity contribution in [1.82, 2.24) is 10.2 Å². The second kappa shape index (κ2) is 5.09. The highest BCUT2D eigenvalue weighted by Crippen LogP contribution is 2.30.